The Balaban J connectivity index is 2.77. The number of aromatic nitrogens is 1. The highest BCUT2D eigenvalue weighted by molar-refractivity contribution is 5.04. The van der Waals surface area contributed by atoms with E-state index in [0.29, 0.717) is 13.0 Å². The summed E-state index contributed by atoms with van der Waals surface area (Å²) in [7, 11) is 0. The van der Waals surface area contributed by atoms with Gasteiger partial charge in [0.2, 0.25) is 0 Å². The van der Waals surface area contributed by atoms with Gasteiger partial charge in [-0.15, -0.1) is 0 Å². The Morgan fingerprint density at radius 1 is 1.54 bits per heavy atom. The van der Waals surface area contributed by atoms with E-state index in [-0.39, 0.29) is 5.56 Å². The van der Waals surface area contributed by atoms with E-state index in [1.165, 1.54) is 0 Å². The molecule has 0 fully saturated rings. The Hall–Kier alpha value is -1.56. The van der Waals surface area contributed by atoms with E-state index in [1.54, 1.807) is 16.7 Å². The third kappa shape index (κ3) is 2.45. The normalized spacial score (nSPS) is 9.54. The summed E-state index contributed by atoms with van der Waals surface area (Å²) in [6.45, 7) is 2.53. The lowest BCUT2D eigenvalue weighted by Gasteiger charge is -2.06. The second-order valence-corrected chi connectivity index (χ2v) is 2.92. The summed E-state index contributed by atoms with van der Waals surface area (Å²) in [6, 6.07) is 7.25. The number of rotatable bonds is 3. The zero-order chi connectivity index (χ0) is 9.68. The summed E-state index contributed by atoms with van der Waals surface area (Å²) in [4.78, 5) is 11.3. The fraction of sp³-hybridized carbons (Fsp3) is 0.400. The van der Waals surface area contributed by atoms with Crippen LogP contribution in [0.1, 0.15) is 18.5 Å². The molecule has 1 heterocycles. The molecule has 0 spiro atoms. The van der Waals surface area contributed by atoms with E-state index >= 15 is 0 Å². The van der Waals surface area contributed by atoms with Crippen molar-refractivity contribution >= 4 is 0 Å². The molecular weight excluding hydrogens is 164 g/mol. The Morgan fingerprint density at radius 3 is 2.92 bits per heavy atom. The molecule has 0 atom stereocenters. The van der Waals surface area contributed by atoms with Crippen molar-refractivity contribution in [2.75, 3.05) is 0 Å². The van der Waals surface area contributed by atoms with E-state index in [0.717, 1.165) is 12.1 Å². The minimum Gasteiger partial charge on any atom is -0.313 e. The van der Waals surface area contributed by atoms with Crippen LogP contribution < -0.4 is 5.56 Å². The molecule has 1 aromatic rings. The molecular formula is C10H12N2O. The van der Waals surface area contributed by atoms with Crippen LogP contribution in [0.3, 0.4) is 0 Å². The Morgan fingerprint density at radius 2 is 2.31 bits per heavy atom. The number of pyridine rings is 1. The maximum atomic E-state index is 11.3. The van der Waals surface area contributed by atoms with E-state index in [4.69, 9.17) is 5.26 Å². The van der Waals surface area contributed by atoms with Crippen LogP contribution in [0, 0.1) is 18.3 Å². The standard InChI is InChI=1S/C10H12N2O/c1-9-5-4-6-10(13)12(9)8-3-2-7-11/h4-6H,2-3,8H2,1H3. The zero-order valence-electron chi connectivity index (χ0n) is 7.66. The number of hydrogen-bond acceptors (Lipinski definition) is 2. The summed E-state index contributed by atoms with van der Waals surface area (Å²) in [6.07, 6.45) is 1.24. The molecule has 0 aromatic carbocycles. The number of nitriles is 1. The van der Waals surface area contributed by atoms with Crippen LogP contribution >= 0.6 is 0 Å². The Bertz CT molecular complexity index is 373. The zero-order valence-corrected chi connectivity index (χ0v) is 7.66. The monoisotopic (exact) mass is 176 g/mol. The predicted octanol–water partition coefficient (Wildman–Crippen LogP) is 1.46. The predicted molar refractivity (Wildman–Crippen MR) is 50.3 cm³/mol. The maximum Gasteiger partial charge on any atom is 0.250 e. The van der Waals surface area contributed by atoms with Gasteiger partial charge >= 0.3 is 0 Å². The highest BCUT2D eigenvalue weighted by Crippen LogP contribution is 1.97. The maximum absolute atomic E-state index is 11.3. The fourth-order valence-electron chi connectivity index (χ4n) is 1.23. The third-order valence-corrected chi connectivity index (χ3v) is 1.94. The molecule has 0 aliphatic heterocycles. The van der Waals surface area contributed by atoms with Gasteiger partial charge in [-0.1, -0.05) is 6.07 Å². The van der Waals surface area contributed by atoms with Crippen molar-refractivity contribution in [3.63, 3.8) is 0 Å². The first-order chi connectivity index (χ1) is 6.25. The van der Waals surface area contributed by atoms with Gasteiger partial charge in [0, 0.05) is 24.7 Å². The first kappa shape index (κ1) is 9.53. The summed E-state index contributed by atoms with van der Waals surface area (Å²) in [5.74, 6) is 0. The molecule has 3 heteroatoms. The number of aryl methyl sites for hydroxylation is 1. The van der Waals surface area contributed by atoms with Crippen LogP contribution in [-0.4, -0.2) is 4.57 Å². The molecule has 0 aliphatic carbocycles. The second-order valence-electron chi connectivity index (χ2n) is 2.92. The summed E-state index contributed by atoms with van der Waals surface area (Å²) in [5.41, 5.74) is 0.961. The molecule has 0 radical (unpaired) electrons. The Kier molecular flexibility index (Phi) is 3.27. The van der Waals surface area contributed by atoms with Crippen LogP contribution in [0.15, 0.2) is 23.0 Å². The van der Waals surface area contributed by atoms with E-state index in [2.05, 4.69) is 6.07 Å². The molecule has 0 unspecified atom stereocenters. The molecule has 3 nitrogen and oxygen atoms in total. The van der Waals surface area contributed by atoms with Crippen LogP contribution in [-0.2, 0) is 6.54 Å². The quantitative estimate of drug-likeness (QED) is 0.654. The highest BCUT2D eigenvalue weighted by Gasteiger charge is 1.97. The smallest absolute Gasteiger partial charge is 0.250 e. The fourth-order valence-corrected chi connectivity index (χ4v) is 1.23. The molecule has 0 saturated carbocycles. The molecule has 0 N–H and O–H groups in total. The first-order valence-corrected chi connectivity index (χ1v) is 4.29. The van der Waals surface area contributed by atoms with Crippen molar-refractivity contribution < 1.29 is 0 Å². The molecule has 13 heavy (non-hydrogen) atoms. The number of hydrogen-bond donors (Lipinski definition) is 0. The van der Waals surface area contributed by atoms with Crippen LogP contribution in [0.5, 0.6) is 0 Å². The van der Waals surface area contributed by atoms with Gasteiger partial charge in [-0.2, -0.15) is 5.26 Å². The number of unbranched alkanes of at least 4 members (excludes halogenated alkanes) is 1. The van der Waals surface area contributed by atoms with E-state index < -0.39 is 0 Å². The topological polar surface area (TPSA) is 45.8 Å². The second kappa shape index (κ2) is 4.46. The van der Waals surface area contributed by atoms with E-state index in [1.807, 2.05) is 13.0 Å². The van der Waals surface area contributed by atoms with Gasteiger partial charge in [0.05, 0.1) is 6.07 Å². The largest absolute Gasteiger partial charge is 0.313 e. The van der Waals surface area contributed by atoms with Crippen molar-refractivity contribution in [1.82, 2.24) is 4.57 Å². The molecule has 1 aromatic heterocycles. The average Bonchev–Trinajstić information content (AvgIpc) is 2.10. The third-order valence-electron chi connectivity index (χ3n) is 1.94. The molecule has 1 rings (SSSR count). The van der Waals surface area contributed by atoms with Gasteiger partial charge in [-0.25, -0.2) is 0 Å². The van der Waals surface area contributed by atoms with Crippen molar-refractivity contribution in [2.24, 2.45) is 0 Å². The van der Waals surface area contributed by atoms with Gasteiger partial charge in [0.25, 0.3) is 5.56 Å². The SMILES string of the molecule is Cc1cccc(=O)n1CCCC#N. The summed E-state index contributed by atoms with van der Waals surface area (Å²) in [5, 5.41) is 8.35. The van der Waals surface area contributed by atoms with E-state index in [9.17, 15) is 4.79 Å². The van der Waals surface area contributed by atoms with Crippen LogP contribution in [0.4, 0.5) is 0 Å². The van der Waals surface area contributed by atoms with Crippen LogP contribution in [0.2, 0.25) is 0 Å². The minimum absolute atomic E-state index is 0.0120. The van der Waals surface area contributed by atoms with Crippen molar-refractivity contribution in [2.45, 2.75) is 26.3 Å². The van der Waals surface area contributed by atoms with Crippen LogP contribution in [0.25, 0.3) is 0 Å². The van der Waals surface area contributed by atoms with Gasteiger partial charge in [0.15, 0.2) is 0 Å². The molecule has 0 aliphatic rings. The van der Waals surface area contributed by atoms with Crippen molar-refractivity contribution in [3.8, 4) is 6.07 Å². The molecule has 0 bridgehead atoms. The minimum atomic E-state index is 0.0120. The number of nitrogens with zero attached hydrogens (tertiary/aromatic N) is 2. The van der Waals surface area contributed by atoms with Crippen molar-refractivity contribution in [3.05, 3.63) is 34.2 Å². The van der Waals surface area contributed by atoms with Crippen molar-refractivity contribution in [1.29, 1.82) is 5.26 Å². The summed E-state index contributed by atoms with van der Waals surface area (Å²) >= 11 is 0. The van der Waals surface area contributed by atoms with Gasteiger partial charge < -0.3 is 4.57 Å². The summed E-state index contributed by atoms with van der Waals surface area (Å²) < 4.78 is 1.69. The lowest BCUT2D eigenvalue weighted by atomic mass is 10.3. The first-order valence-electron chi connectivity index (χ1n) is 4.29. The lowest BCUT2D eigenvalue weighted by Crippen LogP contribution is -2.20. The van der Waals surface area contributed by atoms with Gasteiger partial charge in [-0.05, 0) is 19.4 Å². The molecule has 0 saturated heterocycles. The average molecular weight is 176 g/mol. The highest BCUT2D eigenvalue weighted by atomic mass is 16.1. The molecule has 0 amide bonds. The Labute approximate surface area is 77.2 Å². The molecule has 68 valence electrons. The van der Waals surface area contributed by atoms with Gasteiger partial charge in [-0.3, -0.25) is 4.79 Å². The lowest BCUT2D eigenvalue weighted by molar-refractivity contribution is 0.615. The van der Waals surface area contributed by atoms with Gasteiger partial charge in [0.1, 0.15) is 0 Å².